The number of hydrazone groups is 1. The summed E-state index contributed by atoms with van der Waals surface area (Å²) in [7, 11) is 0. The zero-order valence-corrected chi connectivity index (χ0v) is 13.3. The first kappa shape index (κ1) is 17.0. The van der Waals surface area contributed by atoms with Gasteiger partial charge in [0.15, 0.2) is 5.11 Å². The Kier molecular flexibility index (Phi) is 6.64. The van der Waals surface area contributed by atoms with E-state index >= 15 is 0 Å². The van der Waals surface area contributed by atoms with Gasteiger partial charge in [-0.1, -0.05) is 12.1 Å². The van der Waals surface area contributed by atoms with Crippen LogP contribution in [0.5, 0.6) is 0 Å². The van der Waals surface area contributed by atoms with Crippen LogP contribution in [0.25, 0.3) is 6.08 Å². The third-order valence-corrected chi connectivity index (χ3v) is 3.49. The van der Waals surface area contributed by atoms with E-state index in [9.17, 15) is 10.1 Å². The molecule has 8 heteroatoms. The van der Waals surface area contributed by atoms with Crippen LogP contribution in [0.4, 0.5) is 5.69 Å². The topological polar surface area (TPSA) is 88.8 Å². The maximum Gasteiger partial charge on any atom is 0.276 e. The lowest BCUT2D eigenvalue weighted by molar-refractivity contribution is -0.385. The van der Waals surface area contributed by atoms with E-state index in [1.807, 2.05) is 0 Å². The second-order valence-corrected chi connectivity index (χ2v) is 5.32. The molecule has 0 spiro atoms. The van der Waals surface area contributed by atoms with Crippen molar-refractivity contribution in [2.45, 2.75) is 18.9 Å². The Morgan fingerprint density at radius 2 is 2.35 bits per heavy atom. The number of rotatable bonds is 6. The Labute approximate surface area is 139 Å². The molecule has 0 saturated carbocycles. The molecule has 1 atom stereocenters. The molecule has 0 bridgehead atoms. The van der Waals surface area contributed by atoms with Gasteiger partial charge in [0.2, 0.25) is 0 Å². The highest BCUT2D eigenvalue weighted by molar-refractivity contribution is 7.80. The van der Waals surface area contributed by atoms with Crippen LogP contribution < -0.4 is 10.7 Å². The van der Waals surface area contributed by atoms with E-state index < -0.39 is 4.92 Å². The molecule has 1 aromatic carbocycles. The van der Waals surface area contributed by atoms with Gasteiger partial charge in [0.05, 0.1) is 16.6 Å². The third kappa shape index (κ3) is 5.76. The summed E-state index contributed by atoms with van der Waals surface area (Å²) in [4.78, 5) is 10.5. The number of hydrogen-bond donors (Lipinski definition) is 2. The van der Waals surface area contributed by atoms with Crippen molar-refractivity contribution in [3.05, 3.63) is 46.0 Å². The highest BCUT2D eigenvalue weighted by Gasteiger charge is 2.14. The van der Waals surface area contributed by atoms with Crippen LogP contribution in [0.1, 0.15) is 18.4 Å². The van der Waals surface area contributed by atoms with Gasteiger partial charge in [0.25, 0.3) is 5.69 Å². The molecule has 1 aromatic rings. The number of nitro benzene ring substituents is 1. The monoisotopic (exact) mass is 334 g/mol. The molecule has 1 saturated heterocycles. The Morgan fingerprint density at radius 3 is 3.09 bits per heavy atom. The van der Waals surface area contributed by atoms with Crippen LogP contribution in [0, 0.1) is 10.1 Å². The normalized spacial score (nSPS) is 17.7. The molecule has 0 radical (unpaired) electrons. The maximum atomic E-state index is 10.9. The summed E-state index contributed by atoms with van der Waals surface area (Å²) >= 11 is 5.08. The smallest absolute Gasteiger partial charge is 0.276 e. The average molecular weight is 334 g/mol. The minimum Gasteiger partial charge on any atom is -0.376 e. The standard InChI is InChI=1S/C15H18N4O3S/c20-19(21)14-8-2-1-5-12(14)6-3-9-17-18-15(23)16-11-13-7-4-10-22-13/h1-3,5-6,8-9,13H,4,7,10-11H2,(H2,16,18,23)/b6-3+,17-9+. The van der Waals surface area contributed by atoms with Crippen LogP contribution >= 0.6 is 12.2 Å². The summed E-state index contributed by atoms with van der Waals surface area (Å²) in [6.45, 7) is 1.47. The summed E-state index contributed by atoms with van der Waals surface area (Å²) in [5.41, 5.74) is 3.25. The SMILES string of the molecule is O=[N+]([O-])c1ccccc1/C=C/C=N/NC(=S)NCC1CCCO1. The number of thiocarbonyl (C=S) groups is 1. The van der Waals surface area contributed by atoms with Crippen molar-refractivity contribution >= 4 is 35.3 Å². The lowest BCUT2D eigenvalue weighted by atomic mass is 10.2. The van der Waals surface area contributed by atoms with E-state index in [-0.39, 0.29) is 11.8 Å². The molecular weight excluding hydrogens is 316 g/mol. The van der Waals surface area contributed by atoms with Crippen molar-refractivity contribution in [1.29, 1.82) is 0 Å². The highest BCUT2D eigenvalue weighted by Crippen LogP contribution is 2.18. The summed E-state index contributed by atoms with van der Waals surface area (Å²) in [5.74, 6) is 0. The Hall–Kier alpha value is -2.32. The molecule has 2 N–H and O–H groups in total. The van der Waals surface area contributed by atoms with Crippen LogP contribution in [-0.4, -0.2) is 35.5 Å². The number of nitrogens with zero attached hydrogens (tertiary/aromatic N) is 2. The molecule has 0 aliphatic carbocycles. The van der Waals surface area contributed by atoms with Gasteiger partial charge in [-0.2, -0.15) is 5.10 Å². The minimum atomic E-state index is -0.417. The molecule has 0 aromatic heterocycles. The predicted molar refractivity (Wildman–Crippen MR) is 93.3 cm³/mol. The zero-order valence-electron chi connectivity index (χ0n) is 12.5. The Bertz CT molecular complexity index is 612. The Morgan fingerprint density at radius 1 is 1.52 bits per heavy atom. The van der Waals surface area contributed by atoms with Gasteiger partial charge in [0, 0.05) is 25.4 Å². The maximum absolute atomic E-state index is 10.9. The van der Waals surface area contributed by atoms with Crippen molar-refractivity contribution in [2.24, 2.45) is 5.10 Å². The van der Waals surface area contributed by atoms with Crippen molar-refractivity contribution < 1.29 is 9.66 Å². The number of nitrogens with one attached hydrogen (secondary N) is 2. The molecule has 1 heterocycles. The van der Waals surface area contributed by atoms with Gasteiger partial charge in [-0.15, -0.1) is 0 Å². The molecule has 1 aliphatic heterocycles. The summed E-state index contributed by atoms with van der Waals surface area (Å²) in [6, 6.07) is 6.50. The van der Waals surface area contributed by atoms with E-state index in [1.165, 1.54) is 12.3 Å². The third-order valence-electron chi connectivity index (χ3n) is 3.25. The minimum absolute atomic E-state index is 0.0545. The first-order valence-electron chi connectivity index (χ1n) is 7.25. The molecular formula is C15H18N4O3S. The largest absolute Gasteiger partial charge is 0.376 e. The number of nitro groups is 1. The van der Waals surface area contributed by atoms with Crippen LogP contribution in [-0.2, 0) is 4.74 Å². The molecule has 122 valence electrons. The fourth-order valence-corrected chi connectivity index (χ4v) is 2.27. The lowest BCUT2D eigenvalue weighted by Crippen LogP contribution is -2.37. The quantitative estimate of drug-likeness (QED) is 0.359. The zero-order chi connectivity index (χ0) is 16.5. The van der Waals surface area contributed by atoms with Crippen molar-refractivity contribution in [3.8, 4) is 0 Å². The number of hydrogen-bond acceptors (Lipinski definition) is 5. The van der Waals surface area contributed by atoms with Gasteiger partial charge < -0.3 is 10.1 Å². The van der Waals surface area contributed by atoms with Crippen molar-refractivity contribution in [1.82, 2.24) is 10.7 Å². The van der Waals surface area contributed by atoms with E-state index in [0.29, 0.717) is 17.2 Å². The highest BCUT2D eigenvalue weighted by atomic mass is 32.1. The molecule has 2 rings (SSSR count). The van der Waals surface area contributed by atoms with Gasteiger partial charge in [-0.3, -0.25) is 15.5 Å². The van der Waals surface area contributed by atoms with E-state index in [1.54, 1.807) is 30.4 Å². The second-order valence-electron chi connectivity index (χ2n) is 4.91. The predicted octanol–water partition coefficient (Wildman–Crippen LogP) is 2.24. The summed E-state index contributed by atoms with van der Waals surface area (Å²) in [5, 5.41) is 18.2. The average Bonchev–Trinajstić information content (AvgIpc) is 3.06. The van der Waals surface area contributed by atoms with Gasteiger partial charge in [-0.25, -0.2) is 0 Å². The van der Waals surface area contributed by atoms with Gasteiger partial charge >= 0.3 is 0 Å². The van der Waals surface area contributed by atoms with Crippen LogP contribution in [0.2, 0.25) is 0 Å². The van der Waals surface area contributed by atoms with Gasteiger partial charge in [-0.05, 0) is 43.3 Å². The second kappa shape index (κ2) is 8.96. The van der Waals surface area contributed by atoms with E-state index in [2.05, 4.69) is 15.8 Å². The summed E-state index contributed by atoms with van der Waals surface area (Å²) in [6.07, 6.45) is 7.04. The first-order chi connectivity index (χ1) is 11.2. The molecule has 1 fully saturated rings. The first-order valence-corrected chi connectivity index (χ1v) is 7.66. The van der Waals surface area contributed by atoms with Crippen LogP contribution in [0.15, 0.2) is 35.4 Å². The fraction of sp³-hybridized carbons (Fsp3) is 0.333. The number of ether oxygens (including phenoxy) is 1. The number of benzene rings is 1. The summed E-state index contributed by atoms with van der Waals surface area (Å²) < 4.78 is 5.47. The van der Waals surface area contributed by atoms with Crippen LogP contribution in [0.3, 0.4) is 0 Å². The lowest BCUT2D eigenvalue weighted by Gasteiger charge is -2.11. The number of para-hydroxylation sites is 1. The molecule has 1 aliphatic rings. The van der Waals surface area contributed by atoms with Crippen molar-refractivity contribution in [2.75, 3.05) is 13.2 Å². The molecule has 23 heavy (non-hydrogen) atoms. The van der Waals surface area contributed by atoms with Gasteiger partial charge in [0.1, 0.15) is 0 Å². The fourth-order valence-electron chi connectivity index (χ4n) is 2.13. The molecule has 0 amide bonds. The molecule has 7 nitrogen and oxygen atoms in total. The van der Waals surface area contributed by atoms with E-state index in [4.69, 9.17) is 17.0 Å². The Balaban J connectivity index is 1.75. The number of allylic oxidation sites excluding steroid dienone is 1. The van der Waals surface area contributed by atoms with Crippen molar-refractivity contribution in [3.63, 3.8) is 0 Å². The van der Waals surface area contributed by atoms with E-state index in [0.717, 1.165) is 19.4 Å². The molecule has 1 unspecified atom stereocenters.